The van der Waals surface area contributed by atoms with Crippen molar-refractivity contribution in [3.8, 4) is 0 Å². The van der Waals surface area contributed by atoms with Crippen LogP contribution >= 0.6 is 11.3 Å². The molecule has 3 rings (SSSR count). The third-order valence-corrected chi connectivity index (χ3v) is 4.70. The molecule has 5 nitrogen and oxygen atoms in total. The Morgan fingerprint density at radius 1 is 1.33 bits per heavy atom. The standard InChI is InChI=1S/C17H16FN3O2S/c1-11-2-7-15(24-11)9-19-20-17(23)12-8-16(22)21(10-12)14-5-3-13(18)4-6-14/h2-7,9,12H,8,10H2,1H3,(H,20,23)/t12-/m1/s1. The molecule has 1 atom stereocenters. The number of carbonyl (C=O) groups excluding carboxylic acids is 2. The summed E-state index contributed by atoms with van der Waals surface area (Å²) in [6, 6.07) is 9.55. The Morgan fingerprint density at radius 3 is 2.75 bits per heavy atom. The van der Waals surface area contributed by atoms with E-state index in [1.807, 2.05) is 19.1 Å². The van der Waals surface area contributed by atoms with Crippen molar-refractivity contribution in [2.45, 2.75) is 13.3 Å². The monoisotopic (exact) mass is 345 g/mol. The van der Waals surface area contributed by atoms with E-state index in [1.54, 1.807) is 17.6 Å². The molecule has 1 N–H and O–H groups in total. The number of hydrogen-bond donors (Lipinski definition) is 1. The molecule has 0 aliphatic carbocycles. The highest BCUT2D eigenvalue weighted by Crippen LogP contribution is 2.25. The van der Waals surface area contributed by atoms with Gasteiger partial charge in [0.05, 0.1) is 12.1 Å². The second kappa shape index (κ2) is 6.92. The summed E-state index contributed by atoms with van der Waals surface area (Å²) in [6.45, 7) is 2.26. The summed E-state index contributed by atoms with van der Waals surface area (Å²) < 4.78 is 13.0. The van der Waals surface area contributed by atoms with E-state index in [-0.39, 0.29) is 30.6 Å². The third kappa shape index (κ3) is 3.68. The van der Waals surface area contributed by atoms with Gasteiger partial charge in [0.2, 0.25) is 11.8 Å². The van der Waals surface area contributed by atoms with Gasteiger partial charge in [0, 0.05) is 28.4 Å². The number of thiophene rings is 1. The van der Waals surface area contributed by atoms with E-state index in [4.69, 9.17) is 0 Å². The van der Waals surface area contributed by atoms with Gasteiger partial charge in [-0.3, -0.25) is 9.59 Å². The minimum atomic E-state index is -0.468. The molecule has 2 aromatic rings. The molecule has 0 saturated carbocycles. The van der Waals surface area contributed by atoms with Crippen molar-refractivity contribution in [3.63, 3.8) is 0 Å². The Morgan fingerprint density at radius 2 is 2.08 bits per heavy atom. The quantitative estimate of drug-likeness (QED) is 0.684. The van der Waals surface area contributed by atoms with Gasteiger partial charge in [-0.25, -0.2) is 9.82 Å². The molecular weight excluding hydrogens is 329 g/mol. The summed E-state index contributed by atoms with van der Waals surface area (Å²) in [5.41, 5.74) is 3.07. The maximum atomic E-state index is 13.0. The Labute approximate surface area is 142 Å². The van der Waals surface area contributed by atoms with Crippen LogP contribution in [0, 0.1) is 18.7 Å². The Kier molecular flexibility index (Phi) is 4.71. The summed E-state index contributed by atoms with van der Waals surface area (Å²) in [7, 11) is 0. The molecule has 0 unspecified atom stereocenters. The minimum absolute atomic E-state index is 0.122. The fraction of sp³-hybridized carbons (Fsp3) is 0.235. The van der Waals surface area contributed by atoms with Crippen molar-refractivity contribution in [2.24, 2.45) is 11.0 Å². The number of amides is 2. The minimum Gasteiger partial charge on any atom is -0.312 e. The van der Waals surface area contributed by atoms with Gasteiger partial charge >= 0.3 is 0 Å². The SMILES string of the molecule is Cc1ccc(C=NNC(=O)[C@@H]2CC(=O)N(c3ccc(F)cc3)C2)s1. The summed E-state index contributed by atoms with van der Waals surface area (Å²) in [5.74, 6) is -1.28. The van der Waals surface area contributed by atoms with Gasteiger partial charge in [-0.1, -0.05) is 0 Å². The Hall–Kier alpha value is -2.54. The van der Waals surface area contributed by atoms with Crippen LogP contribution in [0.15, 0.2) is 41.5 Å². The number of anilines is 1. The number of hydrazone groups is 1. The highest BCUT2D eigenvalue weighted by molar-refractivity contribution is 7.13. The van der Waals surface area contributed by atoms with E-state index in [1.165, 1.54) is 34.0 Å². The van der Waals surface area contributed by atoms with Crippen LogP contribution in [0.2, 0.25) is 0 Å². The van der Waals surface area contributed by atoms with E-state index in [2.05, 4.69) is 10.5 Å². The van der Waals surface area contributed by atoms with Crippen LogP contribution in [0.4, 0.5) is 10.1 Å². The topological polar surface area (TPSA) is 61.8 Å². The highest BCUT2D eigenvalue weighted by atomic mass is 32.1. The lowest BCUT2D eigenvalue weighted by Gasteiger charge is -2.16. The number of nitrogens with zero attached hydrogens (tertiary/aromatic N) is 2. The van der Waals surface area contributed by atoms with Crippen LogP contribution in [0.5, 0.6) is 0 Å². The van der Waals surface area contributed by atoms with Crippen molar-refractivity contribution in [1.82, 2.24) is 5.43 Å². The first kappa shape index (κ1) is 16.3. The number of nitrogens with one attached hydrogen (secondary N) is 1. The fourth-order valence-electron chi connectivity index (χ4n) is 2.53. The van der Waals surface area contributed by atoms with Crippen molar-refractivity contribution in [3.05, 3.63) is 52.0 Å². The number of aryl methyl sites for hydroxylation is 1. The average molecular weight is 345 g/mol. The number of halogens is 1. The molecule has 1 aromatic carbocycles. The number of benzene rings is 1. The zero-order chi connectivity index (χ0) is 17.1. The van der Waals surface area contributed by atoms with Crippen LogP contribution in [0.25, 0.3) is 0 Å². The molecule has 0 spiro atoms. The molecular formula is C17H16FN3O2S. The third-order valence-electron chi connectivity index (χ3n) is 3.76. The van der Waals surface area contributed by atoms with Gasteiger partial charge in [-0.15, -0.1) is 11.3 Å². The van der Waals surface area contributed by atoms with Crippen LogP contribution in [0.3, 0.4) is 0 Å². The second-order valence-corrected chi connectivity index (χ2v) is 6.88. The maximum absolute atomic E-state index is 13.0. The lowest BCUT2D eigenvalue weighted by atomic mass is 10.1. The van der Waals surface area contributed by atoms with Gasteiger partial charge in [0.25, 0.3) is 0 Å². The van der Waals surface area contributed by atoms with E-state index >= 15 is 0 Å². The number of carbonyl (C=O) groups is 2. The summed E-state index contributed by atoms with van der Waals surface area (Å²) in [4.78, 5) is 27.9. The highest BCUT2D eigenvalue weighted by Gasteiger charge is 2.35. The lowest BCUT2D eigenvalue weighted by molar-refractivity contribution is -0.126. The largest absolute Gasteiger partial charge is 0.312 e. The van der Waals surface area contributed by atoms with E-state index in [0.717, 1.165) is 4.88 Å². The zero-order valence-corrected chi connectivity index (χ0v) is 13.8. The zero-order valence-electron chi connectivity index (χ0n) is 13.0. The summed E-state index contributed by atoms with van der Waals surface area (Å²) in [5, 5.41) is 3.94. The average Bonchev–Trinajstić information content (AvgIpc) is 3.14. The number of rotatable bonds is 4. The molecule has 1 aliphatic heterocycles. The molecule has 7 heteroatoms. The van der Waals surface area contributed by atoms with Gasteiger partial charge < -0.3 is 4.90 Å². The smallest absolute Gasteiger partial charge is 0.245 e. The van der Waals surface area contributed by atoms with Crippen molar-refractivity contribution >= 4 is 35.1 Å². The first-order valence-electron chi connectivity index (χ1n) is 7.48. The molecule has 1 aromatic heterocycles. The summed E-state index contributed by atoms with van der Waals surface area (Å²) >= 11 is 1.58. The van der Waals surface area contributed by atoms with Crippen LogP contribution in [0.1, 0.15) is 16.2 Å². The van der Waals surface area contributed by atoms with E-state index < -0.39 is 5.92 Å². The molecule has 1 saturated heterocycles. The van der Waals surface area contributed by atoms with Crippen molar-refractivity contribution in [2.75, 3.05) is 11.4 Å². The number of hydrogen-bond acceptors (Lipinski definition) is 4. The lowest BCUT2D eigenvalue weighted by Crippen LogP contribution is -2.30. The van der Waals surface area contributed by atoms with E-state index in [0.29, 0.717) is 5.69 Å². The van der Waals surface area contributed by atoms with Crippen LogP contribution < -0.4 is 10.3 Å². The molecule has 0 radical (unpaired) electrons. The fourth-order valence-corrected chi connectivity index (χ4v) is 3.28. The van der Waals surface area contributed by atoms with Gasteiger partial charge in [-0.05, 0) is 43.3 Å². The molecule has 1 aliphatic rings. The van der Waals surface area contributed by atoms with Gasteiger partial charge in [0.15, 0.2) is 0 Å². The second-order valence-electron chi connectivity index (χ2n) is 5.56. The molecule has 2 heterocycles. The van der Waals surface area contributed by atoms with Crippen molar-refractivity contribution < 1.29 is 14.0 Å². The van der Waals surface area contributed by atoms with Gasteiger partial charge in [-0.2, -0.15) is 5.10 Å². The molecule has 124 valence electrons. The Balaban J connectivity index is 1.59. The maximum Gasteiger partial charge on any atom is 0.245 e. The predicted octanol–water partition coefficient (Wildman–Crippen LogP) is 2.70. The predicted molar refractivity (Wildman–Crippen MR) is 91.7 cm³/mol. The molecule has 24 heavy (non-hydrogen) atoms. The first-order valence-corrected chi connectivity index (χ1v) is 8.30. The van der Waals surface area contributed by atoms with Crippen LogP contribution in [-0.4, -0.2) is 24.6 Å². The normalized spacial score (nSPS) is 17.7. The molecule has 0 bridgehead atoms. The van der Waals surface area contributed by atoms with Gasteiger partial charge in [0.1, 0.15) is 5.82 Å². The van der Waals surface area contributed by atoms with Crippen LogP contribution in [-0.2, 0) is 9.59 Å². The molecule has 2 amide bonds. The molecule has 1 fully saturated rings. The first-order chi connectivity index (χ1) is 11.5. The van der Waals surface area contributed by atoms with E-state index in [9.17, 15) is 14.0 Å². The summed E-state index contributed by atoms with van der Waals surface area (Å²) in [6.07, 6.45) is 1.71. The Bertz CT molecular complexity index is 785. The van der Waals surface area contributed by atoms with Crippen molar-refractivity contribution in [1.29, 1.82) is 0 Å².